The molecular formula is C29H34N4OS. The molecule has 3 aromatic rings. The van der Waals surface area contributed by atoms with Crippen LogP contribution in [-0.4, -0.2) is 34.9 Å². The number of amides is 1. The van der Waals surface area contributed by atoms with Crippen molar-refractivity contribution in [1.82, 2.24) is 15.2 Å². The summed E-state index contributed by atoms with van der Waals surface area (Å²) in [5.74, 6) is 0.663. The lowest BCUT2D eigenvalue weighted by Crippen LogP contribution is -2.38. The van der Waals surface area contributed by atoms with Gasteiger partial charge in [0.2, 0.25) is 5.91 Å². The number of hydrogen-bond donors (Lipinski definition) is 2. The number of benzene rings is 1. The van der Waals surface area contributed by atoms with Gasteiger partial charge in [-0.25, -0.2) is 0 Å². The number of rotatable bonds is 5. The first-order valence-corrected chi connectivity index (χ1v) is 13.5. The van der Waals surface area contributed by atoms with Crippen molar-refractivity contribution in [3.8, 4) is 11.3 Å². The minimum absolute atomic E-state index is 0.0734. The number of pyridine rings is 1. The molecule has 182 valence electrons. The Morgan fingerprint density at radius 2 is 2.09 bits per heavy atom. The van der Waals surface area contributed by atoms with Crippen molar-refractivity contribution in [2.75, 3.05) is 18.4 Å². The third kappa shape index (κ3) is 3.69. The van der Waals surface area contributed by atoms with Crippen molar-refractivity contribution in [2.45, 2.75) is 53.1 Å². The van der Waals surface area contributed by atoms with Crippen LogP contribution in [0.2, 0.25) is 0 Å². The van der Waals surface area contributed by atoms with E-state index in [9.17, 15) is 4.79 Å². The number of thiophene rings is 1. The highest BCUT2D eigenvalue weighted by molar-refractivity contribution is 7.19. The Hall–Kier alpha value is -2.70. The highest BCUT2D eigenvalue weighted by atomic mass is 32.1. The fraction of sp³-hybridized carbons (Fsp3) is 0.448. The number of carbonyl (C=O) groups excluding carboxylic acids is 1. The normalized spacial score (nSPS) is 25.3. The van der Waals surface area contributed by atoms with Gasteiger partial charge in [0.1, 0.15) is 0 Å². The minimum atomic E-state index is 0.0734. The first-order chi connectivity index (χ1) is 16.8. The second kappa shape index (κ2) is 8.17. The molecule has 2 aromatic heterocycles. The monoisotopic (exact) mass is 486 g/mol. The zero-order valence-corrected chi connectivity index (χ0v) is 21.9. The Kier molecular flexibility index (Phi) is 5.31. The van der Waals surface area contributed by atoms with Gasteiger partial charge in [0.05, 0.1) is 23.8 Å². The summed E-state index contributed by atoms with van der Waals surface area (Å²) in [6, 6.07) is 11.3. The van der Waals surface area contributed by atoms with Crippen molar-refractivity contribution >= 4 is 33.0 Å². The molecule has 1 aromatic carbocycles. The number of hydrogen-bond acceptors (Lipinski definition) is 5. The summed E-state index contributed by atoms with van der Waals surface area (Å²) in [5, 5.41) is 8.53. The maximum absolute atomic E-state index is 13.0. The molecule has 4 heterocycles. The maximum atomic E-state index is 13.0. The van der Waals surface area contributed by atoms with Crippen LogP contribution in [0.25, 0.3) is 21.3 Å². The number of piperidine rings is 2. The maximum Gasteiger partial charge on any atom is 0.231 e. The number of anilines is 1. The molecule has 1 amide bonds. The molecule has 35 heavy (non-hydrogen) atoms. The van der Waals surface area contributed by atoms with Crippen LogP contribution in [0.5, 0.6) is 0 Å². The summed E-state index contributed by atoms with van der Waals surface area (Å²) < 4.78 is 1.23. The topological polar surface area (TPSA) is 57.3 Å². The number of aryl methyl sites for hydroxylation is 2. The van der Waals surface area contributed by atoms with Crippen LogP contribution in [0.15, 0.2) is 42.6 Å². The summed E-state index contributed by atoms with van der Waals surface area (Å²) in [6.45, 7) is 15.6. The summed E-state index contributed by atoms with van der Waals surface area (Å²) in [4.78, 5) is 21.2. The van der Waals surface area contributed by atoms with E-state index in [4.69, 9.17) is 4.98 Å². The van der Waals surface area contributed by atoms with E-state index in [2.05, 4.69) is 75.2 Å². The molecular weight excluding hydrogens is 452 g/mol. The van der Waals surface area contributed by atoms with Crippen LogP contribution in [0.1, 0.15) is 42.8 Å². The van der Waals surface area contributed by atoms with Gasteiger partial charge in [-0.15, -0.1) is 11.3 Å². The second-order valence-corrected chi connectivity index (χ2v) is 12.3. The van der Waals surface area contributed by atoms with Crippen LogP contribution in [0, 0.1) is 31.1 Å². The molecule has 1 aliphatic carbocycles. The molecule has 3 unspecified atom stereocenters. The minimum Gasteiger partial charge on any atom is -0.379 e. The fourth-order valence-corrected chi connectivity index (χ4v) is 7.47. The predicted molar refractivity (Wildman–Crippen MR) is 144 cm³/mol. The molecule has 2 aliphatic heterocycles. The molecule has 6 heteroatoms. The van der Waals surface area contributed by atoms with Gasteiger partial charge in [-0.05, 0) is 61.7 Å². The van der Waals surface area contributed by atoms with E-state index in [1.807, 2.05) is 4.90 Å². The zero-order valence-electron chi connectivity index (χ0n) is 21.1. The van der Waals surface area contributed by atoms with E-state index in [1.165, 1.54) is 33.4 Å². The van der Waals surface area contributed by atoms with Crippen molar-refractivity contribution in [1.29, 1.82) is 0 Å². The van der Waals surface area contributed by atoms with Crippen LogP contribution in [-0.2, 0) is 11.3 Å². The average Bonchev–Trinajstić information content (AvgIpc) is 3.07. The lowest BCUT2D eigenvalue weighted by molar-refractivity contribution is -0.130. The van der Waals surface area contributed by atoms with E-state index < -0.39 is 0 Å². The smallest absolute Gasteiger partial charge is 0.231 e. The van der Waals surface area contributed by atoms with Gasteiger partial charge in [0.25, 0.3) is 0 Å². The summed E-state index contributed by atoms with van der Waals surface area (Å²) in [5.41, 5.74) is 6.64. The molecule has 6 rings (SSSR count). The van der Waals surface area contributed by atoms with Gasteiger partial charge in [0, 0.05) is 45.0 Å². The number of carbonyl (C=O) groups is 1. The van der Waals surface area contributed by atoms with E-state index in [0.717, 1.165) is 41.4 Å². The van der Waals surface area contributed by atoms with Crippen molar-refractivity contribution in [3.63, 3.8) is 0 Å². The highest BCUT2D eigenvalue weighted by Crippen LogP contribution is 2.66. The van der Waals surface area contributed by atoms with Gasteiger partial charge < -0.3 is 15.5 Å². The first kappa shape index (κ1) is 22.7. The Labute approximate surface area is 211 Å². The fourth-order valence-electron chi connectivity index (χ4n) is 6.31. The molecule has 0 bridgehead atoms. The first-order valence-electron chi connectivity index (χ1n) is 12.7. The molecule has 1 saturated carbocycles. The Morgan fingerprint density at radius 1 is 1.26 bits per heavy atom. The Bertz CT molecular complexity index is 1330. The zero-order chi connectivity index (χ0) is 24.5. The van der Waals surface area contributed by atoms with E-state index >= 15 is 0 Å². The van der Waals surface area contributed by atoms with Crippen LogP contribution < -0.4 is 10.6 Å². The quantitative estimate of drug-likeness (QED) is 0.473. The summed E-state index contributed by atoms with van der Waals surface area (Å²) in [6.07, 6.45) is 2.36. The summed E-state index contributed by atoms with van der Waals surface area (Å²) >= 11 is 1.78. The lowest BCUT2D eigenvalue weighted by atomic mass is 10.0. The van der Waals surface area contributed by atoms with Crippen molar-refractivity contribution < 1.29 is 4.79 Å². The third-order valence-electron chi connectivity index (χ3n) is 8.22. The third-order valence-corrected chi connectivity index (χ3v) is 9.39. The molecule has 2 N–H and O–H groups in total. The van der Waals surface area contributed by atoms with Crippen LogP contribution >= 0.6 is 11.3 Å². The van der Waals surface area contributed by atoms with E-state index in [1.54, 1.807) is 11.3 Å². The number of nitrogens with one attached hydrogen (secondary N) is 2. The number of allylic oxidation sites excluding steroid dienone is 1. The van der Waals surface area contributed by atoms with Gasteiger partial charge in [0.15, 0.2) is 0 Å². The molecule has 5 nitrogen and oxygen atoms in total. The van der Waals surface area contributed by atoms with E-state index in [-0.39, 0.29) is 17.2 Å². The molecule has 3 fully saturated rings. The number of likely N-dealkylation sites (tertiary alicyclic amines) is 1. The predicted octanol–water partition coefficient (Wildman–Crippen LogP) is 5.87. The Morgan fingerprint density at radius 3 is 2.80 bits per heavy atom. The second-order valence-electron chi connectivity index (χ2n) is 11.1. The Balaban J connectivity index is 1.35. The van der Waals surface area contributed by atoms with Gasteiger partial charge in [-0.3, -0.25) is 9.78 Å². The summed E-state index contributed by atoms with van der Waals surface area (Å²) in [7, 11) is 0. The average molecular weight is 487 g/mol. The van der Waals surface area contributed by atoms with Crippen LogP contribution in [0.4, 0.5) is 5.69 Å². The van der Waals surface area contributed by atoms with Gasteiger partial charge >= 0.3 is 0 Å². The van der Waals surface area contributed by atoms with Gasteiger partial charge in [-0.2, -0.15) is 0 Å². The number of nitrogens with zero attached hydrogens (tertiary/aromatic N) is 2. The molecule has 0 spiro atoms. The molecule has 2 saturated heterocycles. The van der Waals surface area contributed by atoms with Crippen LogP contribution in [0.3, 0.4) is 0 Å². The SMILES string of the molecule is C=C1C2C(C(=O)N1Cc1cc3cccc(-c4nc(C)cc(C)c4NC4CCCNC4)c3s1)C2(C)C. The largest absolute Gasteiger partial charge is 0.379 e. The standard InChI is InChI=1S/C29H34N4OS/c1-16-12-17(2)31-26(25(16)32-20-9-7-11-30-14-20)22-10-6-8-19-13-21(35-27(19)22)15-33-18(3)23-24(28(33)34)29(23,4)5/h6,8,10,12-13,20,23-24,30,32H,3,7,9,11,14-15H2,1-2,4-5H3. The van der Waals surface area contributed by atoms with Crippen molar-refractivity contribution in [2.24, 2.45) is 17.3 Å². The molecule has 3 atom stereocenters. The molecule has 3 aliphatic rings. The molecule has 0 radical (unpaired) electrons. The lowest BCUT2D eigenvalue weighted by Gasteiger charge is -2.27. The number of fused-ring (bicyclic) bond motifs is 2. The van der Waals surface area contributed by atoms with Gasteiger partial charge in [-0.1, -0.05) is 38.6 Å². The van der Waals surface area contributed by atoms with Crippen molar-refractivity contribution in [3.05, 3.63) is 58.7 Å². The highest BCUT2D eigenvalue weighted by Gasteiger charge is 2.69. The van der Waals surface area contributed by atoms with E-state index in [0.29, 0.717) is 18.5 Å². The number of aromatic nitrogens is 1.